The molecule has 0 saturated carbocycles. The Morgan fingerprint density at radius 2 is 2.19 bits per heavy atom. The lowest BCUT2D eigenvalue weighted by atomic mass is 9.93. The van der Waals surface area contributed by atoms with Gasteiger partial charge in [0.1, 0.15) is 5.75 Å². The summed E-state index contributed by atoms with van der Waals surface area (Å²) in [5.41, 5.74) is 0.564. The molecule has 16 heavy (non-hydrogen) atoms. The molecule has 0 aromatic heterocycles. The second-order valence-electron chi connectivity index (χ2n) is 3.57. The molecule has 0 amide bonds. The van der Waals surface area contributed by atoms with Crippen LogP contribution in [-0.4, -0.2) is 23.3 Å². The SMILES string of the molecule is CCC(C(=O)O)C(O)c1cccc(OC)c1. The van der Waals surface area contributed by atoms with E-state index in [0.29, 0.717) is 17.7 Å². The summed E-state index contributed by atoms with van der Waals surface area (Å²) >= 11 is 0. The highest BCUT2D eigenvalue weighted by Crippen LogP contribution is 2.27. The average Bonchev–Trinajstić information content (AvgIpc) is 2.29. The molecule has 1 aromatic rings. The Balaban J connectivity index is 2.93. The first-order chi connectivity index (χ1) is 7.60. The van der Waals surface area contributed by atoms with Crippen molar-refractivity contribution in [2.75, 3.05) is 7.11 Å². The number of hydrogen-bond donors (Lipinski definition) is 2. The van der Waals surface area contributed by atoms with Crippen molar-refractivity contribution < 1.29 is 19.7 Å². The number of carboxylic acids is 1. The largest absolute Gasteiger partial charge is 0.497 e. The molecule has 4 heteroatoms. The maximum Gasteiger partial charge on any atom is 0.309 e. The molecule has 0 aliphatic rings. The van der Waals surface area contributed by atoms with Gasteiger partial charge in [0.2, 0.25) is 0 Å². The van der Waals surface area contributed by atoms with E-state index in [1.807, 2.05) is 0 Å². The van der Waals surface area contributed by atoms with Crippen molar-refractivity contribution in [3.05, 3.63) is 29.8 Å². The zero-order valence-corrected chi connectivity index (χ0v) is 9.38. The molecule has 0 spiro atoms. The Kier molecular flexibility index (Phi) is 4.31. The molecule has 0 radical (unpaired) electrons. The molecule has 0 saturated heterocycles. The van der Waals surface area contributed by atoms with Gasteiger partial charge >= 0.3 is 5.97 Å². The number of ether oxygens (including phenoxy) is 1. The van der Waals surface area contributed by atoms with Crippen LogP contribution in [0.2, 0.25) is 0 Å². The quantitative estimate of drug-likeness (QED) is 0.800. The fourth-order valence-electron chi connectivity index (χ4n) is 1.59. The molecular weight excluding hydrogens is 208 g/mol. The number of aliphatic carboxylic acids is 1. The summed E-state index contributed by atoms with van der Waals surface area (Å²) in [5, 5.41) is 18.9. The van der Waals surface area contributed by atoms with Crippen molar-refractivity contribution in [2.24, 2.45) is 5.92 Å². The van der Waals surface area contributed by atoms with Gasteiger partial charge in [0.15, 0.2) is 0 Å². The molecule has 0 aliphatic heterocycles. The summed E-state index contributed by atoms with van der Waals surface area (Å²) in [4.78, 5) is 10.9. The van der Waals surface area contributed by atoms with E-state index < -0.39 is 18.0 Å². The Morgan fingerprint density at radius 3 is 2.69 bits per heavy atom. The third kappa shape index (κ3) is 2.73. The standard InChI is InChI=1S/C12H16O4/c1-3-10(12(14)15)11(13)8-5-4-6-9(7-8)16-2/h4-7,10-11,13H,3H2,1-2H3,(H,14,15). The van der Waals surface area contributed by atoms with Crippen LogP contribution in [0.15, 0.2) is 24.3 Å². The molecule has 2 unspecified atom stereocenters. The van der Waals surface area contributed by atoms with Crippen LogP contribution in [0, 0.1) is 5.92 Å². The van der Waals surface area contributed by atoms with Gasteiger partial charge in [0.25, 0.3) is 0 Å². The zero-order valence-electron chi connectivity index (χ0n) is 9.38. The Labute approximate surface area is 94.5 Å². The van der Waals surface area contributed by atoms with E-state index in [1.165, 1.54) is 7.11 Å². The lowest BCUT2D eigenvalue weighted by Crippen LogP contribution is -2.21. The summed E-state index contributed by atoms with van der Waals surface area (Å²) in [5.74, 6) is -1.17. The summed E-state index contributed by atoms with van der Waals surface area (Å²) in [7, 11) is 1.53. The van der Waals surface area contributed by atoms with Crippen LogP contribution in [0.25, 0.3) is 0 Å². The van der Waals surface area contributed by atoms with Gasteiger partial charge < -0.3 is 14.9 Å². The maximum atomic E-state index is 10.9. The lowest BCUT2D eigenvalue weighted by molar-refractivity contribution is -0.146. The Bertz CT molecular complexity index is 362. The second kappa shape index (κ2) is 5.51. The minimum atomic E-state index is -1.00. The highest BCUT2D eigenvalue weighted by atomic mass is 16.5. The molecule has 0 aliphatic carbocycles. The van der Waals surface area contributed by atoms with E-state index in [2.05, 4.69) is 0 Å². The van der Waals surface area contributed by atoms with Gasteiger partial charge in [-0.1, -0.05) is 19.1 Å². The van der Waals surface area contributed by atoms with E-state index in [4.69, 9.17) is 9.84 Å². The predicted molar refractivity (Wildman–Crippen MR) is 59.4 cm³/mol. The highest BCUT2D eigenvalue weighted by Gasteiger charge is 2.26. The van der Waals surface area contributed by atoms with Crippen molar-refractivity contribution >= 4 is 5.97 Å². The normalized spacial score (nSPS) is 14.2. The fraction of sp³-hybridized carbons (Fsp3) is 0.417. The molecule has 4 nitrogen and oxygen atoms in total. The first kappa shape index (κ1) is 12.5. The second-order valence-corrected chi connectivity index (χ2v) is 3.57. The van der Waals surface area contributed by atoms with Gasteiger partial charge in [-0.15, -0.1) is 0 Å². The first-order valence-electron chi connectivity index (χ1n) is 5.15. The Hall–Kier alpha value is -1.55. The van der Waals surface area contributed by atoms with Crippen molar-refractivity contribution in [3.8, 4) is 5.75 Å². The molecule has 0 heterocycles. The number of aliphatic hydroxyl groups excluding tert-OH is 1. The molecule has 1 rings (SSSR count). The molecular formula is C12H16O4. The molecule has 0 fully saturated rings. The summed E-state index contributed by atoms with van der Waals surface area (Å²) in [6.07, 6.45) is -0.620. The van der Waals surface area contributed by atoms with Crippen molar-refractivity contribution in [2.45, 2.75) is 19.4 Å². The third-order valence-electron chi connectivity index (χ3n) is 2.57. The maximum absolute atomic E-state index is 10.9. The zero-order chi connectivity index (χ0) is 12.1. The molecule has 88 valence electrons. The van der Waals surface area contributed by atoms with Gasteiger partial charge in [-0.3, -0.25) is 4.79 Å². The van der Waals surface area contributed by atoms with Gasteiger partial charge in [0.05, 0.1) is 19.1 Å². The van der Waals surface area contributed by atoms with Crippen LogP contribution in [0.1, 0.15) is 25.0 Å². The summed E-state index contributed by atoms with van der Waals surface area (Å²) < 4.78 is 5.02. The van der Waals surface area contributed by atoms with Gasteiger partial charge in [-0.05, 0) is 24.1 Å². The first-order valence-corrected chi connectivity index (χ1v) is 5.15. The van der Waals surface area contributed by atoms with E-state index in [9.17, 15) is 9.90 Å². The molecule has 2 N–H and O–H groups in total. The smallest absolute Gasteiger partial charge is 0.309 e. The Morgan fingerprint density at radius 1 is 1.50 bits per heavy atom. The number of carbonyl (C=O) groups is 1. The third-order valence-corrected chi connectivity index (χ3v) is 2.57. The predicted octanol–water partition coefficient (Wildman–Crippen LogP) is 1.84. The minimum Gasteiger partial charge on any atom is -0.497 e. The number of carboxylic acid groups (broad SMARTS) is 1. The van der Waals surface area contributed by atoms with Gasteiger partial charge in [-0.25, -0.2) is 0 Å². The van der Waals surface area contributed by atoms with Crippen LogP contribution in [0.3, 0.4) is 0 Å². The van der Waals surface area contributed by atoms with E-state index >= 15 is 0 Å². The van der Waals surface area contributed by atoms with Crippen molar-refractivity contribution in [3.63, 3.8) is 0 Å². The van der Waals surface area contributed by atoms with Crippen LogP contribution in [-0.2, 0) is 4.79 Å². The van der Waals surface area contributed by atoms with Crippen LogP contribution in [0.5, 0.6) is 5.75 Å². The highest BCUT2D eigenvalue weighted by molar-refractivity contribution is 5.71. The number of methoxy groups -OCH3 is 1. The number of benzene rings is 1. The van der Waals surface area contributed by atoms with E-state index in [0.717, 1.165) is 0 Å². The average molecular weight is 224 g/mol. The van der Waals surface area contributed by atoms with Gasteiger partial charge in [0, 0.05) is 0 Å². The monoisotopic (exact) mass is 224 g/mol. The minimum absolute atomic E-state index is 0.383. The number of rotatable bonds is 5. The van der Waals surface area contributed by atoms with Crippen molar-refractivity contribution in [1.82, 2.24) is 0 Å². The van der Waals surface area contributed by atoms with Crippen LogP contribution < -0.4 is 4.74 Å². The molecule has 2 atom stereocenters. The van der Waals surface area contributed by atoms with Crippen LogP contribution in [0.4, 0.5) is 0 Å². The molecule has 1 aromatic carbocycles. The lowest BCUT2D eigenvalue weighted by Gasteiger charge is -2.18. The van der Waals surface area contributed by atoms with Gasteiger partial charge in [-0.2, -0.15) is 0 Å². The van der Waals surface area contributed by atoms with E-state index in [-0.39, 0.29) is 0 Å². The topological polar surface area (TPSA) is 66.8 Å². The van der Waals surface area contributed by atoms with E-state index in [1.54, 1.807) is 31.2 Å². The number of hydrogen-bond acceptors (Lipinski definition) is 3. The molecule has 0 bridgehead atoms. The summed E-state index contributed by atoms with van der Waals surface area (Å²) in [6, 6.07) is 6.82. The summed E-state index contributed by atoms with van der Waals surface area (Å²) in [6.45, 7) is 1.74. The van der Waals surface area contributed by atoms with Crippen LogP contribution >= 0.6 is 0 Å². The fourth-order valence-corrected chi connectivity index (χ4v) is 1.59. The van der Waals surface area contributed by atoms with Crippen molar-refractivity contribution in [1.29, 1.82) is 0 Å². The number of aliphatic hydroxyl groups is 1.